The third kappa shape index (κ3) is 5.55. The van der Waals surface area contributed by atoms with E-state index in [0.29, 0.717) is 30.6 Å². The van der Waals surface area contributed by atoms with Crippen molar-refractivity contribution in [1.29, 1.82) is 0 Å². The second kappa shape index (κ2) is 10.4. The molecular weight excluding hydrogens is 417 g/mol. The zero-order valence-corrected chi connectivity index (χ0v) is 18.0. The van der Waals surface area contributed by atoms with Crippen LogP contribution in [0.3, 0.4) is 0 Å². The SMILES string of the molecule is C=C(/C=C(/F)C(=C)OCC1CCC(c2ccc(-c3ccc(O)cc3)c(F)c2F)CC1)OC. The van der Waals surface area contributed by atoms with Crippen molar-refractivity contribution in [2.75, 3.05) is 13.7 Å². The molecule has 32 heavy (non-hydrogen) atoms. The molecule has 0 saturated heterocycles. The summed E-state index contributed by atoms with van der Waals surface area (Å²) >= 11 is 0. The van der Waals surface area contributed by atoms with Crippen molar-refractivity contribution in [3.05, 3.63) is 90.2 Å². The highest BCUT2D eigenvalue weighted by molar-refractivity contribution is 5.65. The number of hydrogen-bond donors (Lipinski definition) is 1. The summed E-state index contributed by atoms with van der Waals surface area (Å²) in [6.07, 6.45) is 4.00. The number of methoxy groups -OCH3 is 1. The van der Waals surface area contributed by atoms with Crippen LogP contribution in [0.1, 0.15) is 37.2 Å². The summed E-state index contributed by atoms with van der Waals surface area (Å²) in [5.74, 6) is -2.09. The van der Waals surface area contributed by atoms with Gasteiger partial charge in [-0.25, -0.2) is 13.2 Å². The molecule has 1 aliphatic carbocycles. The summed E-state index contributed by atoms with van der Waals surface area (Å²) in [5, 5.41) is 9.39. The van der Waals surface area contributed by atoms with Gasteiger partial charge in [0, 0.05) is 11.6 Å². The fourth-order valence-electron chi connectivity index (χ4n) is 3.95. The van der Waals surface area contributed by atoms with Gasteiger partial charge in [0.2, 0.25) is 0 Å². The normalized spacial score (nSPS) is 18.8. The number of hydrogen-bond acceptors (Lipinski definition) is 3. The molecular formula is C26H27F3O3. The first-order chi connectivity index (χ1) is 15.3. The molecule has 6 heteroatoms. The van der Waals surface area contributed by atoms with E-state index in [1.165, 1.54) is 19.2 Å². The predicted octanol–water partition coefficient (Wildman–Crippen LogP) is 7.16. The van der Waals surface area contributed by atoms with Crippen molar-refractivity contribution in [2.45, 2.75) is 31.6 Å². The fourth-order valence-corrected chi connectivity index (χ4v) is 3.95. The Kier molecular flexibility index (Phi) is 7.67. The summed E-state index contributed by atoms with van der Waals surface area (Å²) in [5.41, 5.74) is 1.04. The number of rotatable bonds is 8. The summed E-state index contributed by atoms with van der Waals surface area (Å²) in [7, 11) is 1.39. The molecule has 0 radical (unpaired) electrons. The molecule has 3 nitrogen and oxygen atoms in total. The van der Waals surface area contributed by atoms with E-state index >= 15 is 0 Å². The smallest absolute Gasteiger partial charge is 0.168 e. The summed E-state index contributed by atoms with van der Waals surface area (Å²) in [6.45, 7) is 7.41. The lowest BCUT2D eigenvalue weighted by atomic mass is 9.78. The van der Waals surface area contributed by atoms with E-state index in [9.17, 15) is 18.3 Å². The molecule has 1 saturated carbocycles. The highest BCUT2D eigenvalue weighted by Gasteiger charge is 2.27. The van der Waals surface area contributed by atoms with Gasteiger partial charge in [0.25, 0.3) is 0 Å². The van der Waals surface area contributed by atoms with Crippen molar-refractivity contribution >= 4 is 0 Å². The Morgan fingerprint density at radius 1 is 1.03 bits per heavy atom. The topological polar surface area (TPSA) is 38.7 Å². The molecule has 170 valence electrons. The van der Waals surface area contributed by atoms with Gasteiger partial charge in [0.05, 0.1) is 13.7 Å². The van der Waals surface area contributed by atoms with E-state index in [0.717, 1.165) is 18.9 Å². The second-order valence-corrected chi connectivity index (χ2v) is 7.99. The minimum Gasteiger partial charge on any atom is -0.508 e. The molecule has 0 spiro atoms. The molecule has 0 aliphatic heterocycles. The van der Waals surface area contributed by atoms with E-state index in [1.807, 2.05) is 0 Å². The molecule has 1 N–H and O–H groups in total. The van der Waals surface area contributed by atoms with Crippen LogP contribution in [0.25, 0.3) is 11.1 Å². The Morgan fingerprint density at radius 2 is 1.69 bits per heavy atom. The van der Waals surface area contributed by atoms with Crippen LogP contribution < -0.4 is 0 Å². The van der Waals surface area contributed by atoms with E-state index < -0.39 is 17.5 Å². The van der Waals surface area contributed by atoms with Crippen molar-refractivity contribution in [2.24, 2.45) is 5.92 Å². The van der Waals surface area contributed by atoms with Gasteiger partial charge in [0.1, 0.15) is 17.3 Å². The summed E-state index contributed by atoms with van der Waals surface area (Å²) in [6, 6.07) is 9.21. The summed E-state index contributed by atoms with van der Waals surface area (Å²) in [4.78, 5) is 0. The lowest BCUT2D eigenvalue weighted by Crippen LogP contribution is -2.19. The first-order valence-corrected chi connectivity index (χ1v) is 10.5. The van der Waals surface area contributed by atoms with Crippen LogP contribution in [0.2, 0.25) is 0 Å². The molecule has 1 fully saturated rings. The van der Waals surface area contributed by atoms with Crippen molar-refractivity contribution in [3.63, 3.8) is 0 Å². The molecule has 2 aromatic carbocycles. The van der Waals surface area contributed by atoms with Crippen LogP contribution in [0, 0.1) is 17.6 Å². The summed E-state index contributed by atoms with van der Waals surface area (Å²) < 4.78 is 53.8. The van der Waals surface area contributed by atoms with Crippen molar-refractivity contribution in [3.8, 4) is 16.9 Å². The van der Waals surface area contributed by atoms with Crippen LogP contribution in [-0.2, 0) is 9.47 Å². The molecule has 3 rings (SSSR count). The zero-order chi connectivity index (χ0) is 23.3. The van der Waals surface area contributed by atoms with Crippen LogP contribution in [0.5, 0.6) is 5.75 Å². The van der Waals surface area contributed by atoms with Gasteiger partial charge in [-0.3, -0.25) is 0 Å². The van der Waals surface area contributed by atoms with E-state index in [1.54, 1.807) is 24.3 Å². The molecule has 0 amide bonds. The Hall–Kier alpha value is -3.15. The second-order valence-electron chi connectivity index (χ2n) is 7.99. The molecule has 0 aromatic heterocycles. The molecule has 0 unspecified atom stereocenters. The Labute approximate surface area is 186 Å². The minimum absolute atomic E-state index is 0.0646. The molecule has 2 aromatic rings. The van der Waals surface area contributed by atoms with E-state index in [-0.39, 0.29) is 34.7 Å². The maximum atomic E-state index is 14.9. The fraction of sp³-hybridized carbons (Fsp3) is 0.308. The van der Waals surface area contributed by atoms with Crippen LogP contribution in [-0.4, -0.2) is 18.8 Å². The Bertz CT molecular complexity index is 1000. The highest BCUT2D eigenvalue weighted by atomic mass is 19.2. The van der Waals surface area contributed by atoms with Crippen LogP contribution >= 0.6 is 0 Å². The first-order valence-electron chi connectivity index (χ1n) is 10.5. The van der Waals surface area contributed by atoms with Crippen molar-refractivity contribution < 1.29 is 27.8 Å². The molecule has 0 heterocycles. The number of phenolic OH excluding ortho intramolecular Hbond substituents is 1. The minimum atomic E-state index is -0.880. The van der Waals surface area contributed by atoms with Crippen molar-refractivity contribution in [1.82, 2.24) is 0 Å². The number of ether oxygens (including phenoxy) is 2. The standard InChI is InChI=1S/C26H27F3O3/c1-16(31-3)14-24(27)17(2)32-15-18-4-6-19(7-5-18)22-12-13-23(26(29)25(22)28)20-8-10-21(30)11-9-20/h8-14,18-19,30H,1-2,4-7,15H2,3H3/b24-14+. The average Bonchev–Trinajstić information content (AvgIpc) is 2.80. The van der Waals surface area contributed by atoms with E-state index in [4.69, 9.17) is 9.47 Å². The van der Waals surface area contributed by atoms with Gasteiger partial charge in [-0.05, 0) is 60.8 Å². The maximum absolute atomic E-state index is 14.9. The number of allylic oxidation sites excluding steroid dienone is 2. The first kappa shape index (κ1) is 23.5. The van der Waals surface area contributed by atoms with Gasteiger partial charge >= 0.3 is 0 Å². The average molecular weight is 444 g/mol. The van der Waals surface area contributed by atoms with Gasteiger partial charge < -0.3 is 14.6 Å². The zero-order valence-electron chi connectivity index (χ0n) is 18.0. The molecule has 0 atom stereocenters. The van der Waals surface area contributed by atoms with Crippen LogP contribution in [0.15, 0.2) is 73.0 Å². The molecule has 0 bridgehead atoms. The lowest BCUT2D eigenvalue weighted by Gasteiger charge is -2.29. The quantitative estimate of drug-likeness (QED) is 0.347. The third-order valence-corrected chi connectivity index (χ3v) is 5.89. The number of aromatic hydroxyl groups is 1. The Morgan fingerprint density at radius 3 is 2.31 bits per heavy atom. The Balaban J connectivity index is 1.59. The van der Waals surface area contributed by atoms with Gasteiger partial charge in [-0.15, -0.1) is 0 Å². The molecule has 1 aliphatic rings. The monoisotopic (exact) mass is 444 g/mol. The van der Waals surface area contributed by atoms with Crippen LogP contribution in [0.4, 0.5) is 13.2 Å². The van der Waals surface area contributed by atoms with Gasteiger partial charge in [0.15, 0.2) is 17.5 Å². The largest absolute Gasteiger partial charge is 0.508 e. The lowest BCUT2D eigenvalue weighted by molar-refractivity contribution is 0.136. The van der Waals surface area contributed by atoms with Gasteiger partial charge in [-0.2, -0.15) is 0 Å². The number of benzene rings is 2. The number of halogens is 3. The maximum Gasteiger partial charge on any atom is 0.168 e. The van der Waals surface area contributed by atoms with E-state index in [2.05, 4.69) is 13.2 Å². The highest BCUT2D eigenvalue weighted by Crippen LogP contribution is 2.39. The van der Waals surface area contributed by atoms with Gasteiger partial charge in [-0.1, -0.05) is 37.4 Å². The third-order valence-electron chi connectivity index (χ3n) is 5.89. The number of phenols is 1. The predicted molar refractivity (Wildman–Crippen MR) is 119 cm³/mol.